The van der Waals surface area contributed by atoms with Crippen LogP contribution in [-0.2, 0) is 6.42 Å². The smallest absolute Gasteiger partial charge is 0.111 e. The van der Waals surface area contributed by atoms with Crippen molar-refractivity contribution in [2.24, 2.45) is 0 Å². The van der Waals surface area contributed by atoms with Crippen molar-refractivity contribution in [2.45, 2.75) is 30.8 Å². The van der Waals surface area contributed by atoms with Crippen molar-refractivity contribution in [1.29, 1.82) is 0 Å². The van der Waals surface area contributed by atoms with Gasteiger partial charge in [-0.1, -0.05) is 0 Å². The van der Waals surface area contributed by atoms with Gasteiger partial charge in [0.1, 0.15) is 18.3 Å². The van der Waals surface area contributed by atoms with Gasteiger partial charge in [0, 0.05) is 24.5 Å². The van der Waals surface area contributed by atoms with Crippen LogP contribution in [0.15, 0.2) is 18.2 Å². The molecule has 0 saturated carbocycles. The van der Waals surface area contributed by atoms with Gasteiger partial charge >= 0.3 is 0 Å². The van der Waals surface area contributed by atoms with Crippen molar-refractivity contribution in [2.75, 3.05) is 30.3 Å². The highest BCUT2D eigenvalue weighted by atomic mass is 16.4. The van der Waals surface area contributed by atoms with Crippen molar-refractivity contribution in [1.82, 2.24) is 0 Å². The summed E-state index contributed by atoms with van der Waals surface area (Å²) in [6.07, 6.45) is -5.07. The van der Waals surface area contributed by atoms with Crippen LogP contribution in [0.2, 0.25) is 0 Å². The number of aliphatic hydroxyl groups excluding tert-OH is 5. The molecule has 0 aliphatic carbocycles. The van der Waals surface area contributed by atoms with E-state index in [2.05, 4.69) is 0 Å². The number of aliphatic hydroxyl groups is 5. The molecule has 0 spiro atoms. The Morgan fingerprint density at radius 3 is 2.43 bits per heavy atom. The lowest BCUT2D eigenvalue weighted by molar-refractivity contribution is -0.112. The zero-order valence-corrected chi connectivity index (χ0v) is 11.6. The molecule has 0 radical (unpaired) electrons. The van der Waals surface area contributed by atoms with Crippen LogP contribution in [0.1, 0.15) is 5.56 Å². The van der Waals surface area contributed by atoms with Crippen LogP contribution in [0.5, 0.6) is 0 Å². The Bertz CT molecular complexity index is 484. The van der Waals surface area contributed by atoms with Crippen molar-refractivity contribution >= 4 is 11.4 Å². The number of anilines is 2. The molecule has 1 aromatic carbocycles. The standard InChI is InChI=1S/C14H22N2O5/c15-9-1-2-10-8(5-9)3-4-16(10)6-11(18)13(20)14(21)12(19)7-17/h1-2,5,11-14,17-21H,3-4,6-7,15H2. The molecule has 7 heteroatoms. The molecular weight excluding hydrogens is 276 g/mol. The Morgan fingerprint density at radius 1 is 1.10 bits per heavy atom. The molecule has 118 valence electrons. The van der Waals surface area contributed by atoms with E-state index >= 15 is 0 Å². The van der Waals surface area contributed by atoms with Crippen LogP contribution >= 0.6 is 0 Å². The summed E-state index contributed by atoms with van der Waals surface area (Å²) in [4.78, 5) is 1.89. The summed E-state index contributed by atoms with van der Waals surface area (Å²) in [5.74, 6) is 0. The van der Waals surface area contributed by atoms with E-state index in [0.29, 0.717) is 12.2 Å². The highest BCUT2D eigenvalue weighted by Gasteiger charge is 2.32. The van der Waals surface area contributed by atoms with Crippen molar-refractivity contribution in [3.05, 3.63) is 23.8 Å². The number of nitrogen functional groups attached to an aromatic ring is 1. The van der Waals surface area contributed by atoms with Gasteiger partial charge < -0.3 is 36.2 Å². The average molecular weight is 298 g/mol. The molecule has 0 aromatic heterocycles. The number of hydrogen-bond acceptors (Lipinski definition) is 7. The summed E-state index contributed by atoms with van der Waals surface area (Å²) in [6, 6.07) is 5.50. The van der Waals surface area contributed by atoms with Crippen molar-refractivity contribution in [3.63, 3.8) is 0 Å². The molecule has 1 heterocycles. The predicted octanol–water partition coefficient (Wildman–Crippen LogP) is -1.93. The first-order valence-corrected chi connectivity index (χ1v) is 6.90. The van der Waals surface area contributed by atoms with E-state index in [1.54, 1.807) is 6.07 Å². The summed E-state index contributed by atoms with van der Waals surface area (Å²) in [5.41, 5.74) is 8.41. The van der Waals surface area contributed by atoms with Crippen LogP contribution in [0.4, 0.5) is 11.4 Å². The lowest BCUT2D eigenvalue weighted by Gasteiger charge is -2.29. The second kappa shape index (κ2) is 6.59. The van der Waals surface area contributed by atoms with E-state index in [1.165, 1.54) is 0 Å². The Hall–Kier alpha value is -1.38. The highest BCUT2D eigenvalue weighted by Crippen LogP contribution is 2.29. The zero-order chi connectivity index (χ0) is 15.6. The van der Waals surface area contributed by atoms with Gasteiger partial charge in [0.25, 0.3) is 0 Å². The third-order valence-corrected chi connectivity index (χ3v) is 3.83. The fraction of sp³-hybridized carbons (Fsp3) is 0.571. The van der Waals surface area contributed by atoms with Crippen molar-refractivity contribution in [3.8, 4) is 0 Å². The highest BCUT2D eigenvalue weighted by molar-refractivity contribution is 5.63. The molecule has 7 nitrogen and oxygen atoms in total. The molecule has 21 heavy (non-hydrogen) atoms. The van der Waals surface area contributed by atoms with Gasteiger partial charge in [-0.25, -0.2) is 0 Å². The molecular formula is C14H22N2O5. The fourth-order valence-electron chi connectivity index (χ4n) is 2.58. The minimum atomic E-state index is -1.60. The van der Waals surface area contributed by atoms with Gasteiger partial charge in [0.2, 0.25) is 0 Å². The fourth-order valence-corrected chi connectivity index (χ4v) is 2.58. The van der Waals surface area contributed by atoms with E-state index in [9.17, 15) is 20.4 Å². The Labute approximate surface area is 122 Å². The summed E-state index contributed by atoms with van der Waals surface area (Å²) < 4.78 is 0. The average Bonchev–Trinajstić information content (AvgIpc) is 2.86. The van der Waals surface area contributed by atoms with E-state index in [0.717, 1.165) is 17.7 Å². The molecule has 1 aliphatic rings. The maximum atomic E-state index is 10.0. The number of nitrogens with zero attached hydrogens (tertiary/aromatic N) is 1. The molecule has 4 unspecified atom stereocenters. The van der Waals surface area contributed by atoms with E-state index < -0.39 is 31.0 Å². The first kappa shape index (κ1) is 16.0. The van der Waals surface area contributed by atoms with Crippen LogP contribution in [0.25, 0.3) is 0 Å². The van der Waals surface area contributed by atoms with Gasteiger partial charge in [0.15, 0.2) is 0 Å². The molecule has 1 aromatic rings. The molecule has 0 bridgehead atoms. The minimum absolute atomic E-state index is 0.118. The summed E-state index contributed by atoms with van der Waals surface area (Å²) in [6.45, 7) is 0.116. The molecule has 1 aliphatic heterocycles. The first-order chi connectivity index (χ1) is 9.93. The monoisotopic (exact) mass is 298 g/mol. The van der Waals surface area contributed by atoms with Gasteiger partial charge in [-0.3, -0.25) is 0 Å². The molecule has 0 saturated heterocycles. The van der Waals surface area contributed by atoms with Crippen LogP contribution in [0.3, 0.4) is 0 Å². The van der Waals surface area contributed by atoms with Gasteiger partial charge in [-0.2, -0.15) is 0 Å². The quantitative estimate of drug-likeness (QED) is 0.337. The zero-order valence-electron chi connectivity index (χ0n) is 11.6. The second-order valence-corrected chi connectivity index (χ2v) is 5.38. The summed E-state index contributed by atoms with van der Waals surface area (Å²) in [7, 11) is 0. The number of benzene rings is 1. The van der Waals surface area contributed by atoms with Crippen LogP contribution in [0, 0.1) is 0 Å². The number of hydrogen-bond donors (Lipinski definition) is 6. The Balaban J connectivity index is 2.00. The number of fused-ring (bicyclic) bond motifs is 1. The first-order valence-electron chi connectivity index (χ1n) is 6.90. The third-order valence-electron chi connectivity index (χ3n) is 3.83. The van der Waals surface area contributed by atoms with Crippen LogP contribution in [-0.4, -0.2) is 69.6 Å². The maximum Gasteiger partial charge on any atom is 0.111 e. The third kappa shape index (κ3) is 3.45. The van der Waals surface area contributed by atoms with Gasteiger partial charge in [-0.15, -0.1) is 0 Å². The van der Waals surface area contributed by atoms with Crippen molar-refractivity contribution < 1.29 is 25.5 Å². The largest absolute Gasteiger partial charge is 0.399 e. The van der Waals surface area contributed by atoms with Crippen LogP contribution < -0.4 is 10.6 Å². The van der Waals surface area contributed by atoms with Gasteiger partial charge in [0.05, 0.1) is 12.7 Å². The summed E-state index contributed by atoms with van der Waals surface area (Å²) in [5, 5.41) is 47.5. The van der Waals surface area contributed by atoms with E-state index in [1.807, 2.05) is 17.0 Å². The Morgan fingerprint density at radius 2 is 1.76 bits per heavy atom. The summed E-state index contributed by atoms with van der Waals surface area (Å²) >= 11 is 0. The normalized spacial score (nSPS) is 20.0. The second-order valence-electron chi connectivity index (χ2n) is 5.38. The number of nitrogens with two attached hydrogens (primary N) is 1. The maximum absolute atomic E-state index is 10.0. The lowest BCUT2D eigenvalue weighted by Crippen LogP contribution is -2.49. The van der Waals surface area contributed by atoms with E-state index in [4.69, 9.17) is 10.8 Å². The molecule has 0 fully saturated rings. The number of β-amino-alcohol motifs (C(OH)–C–C–N with tert-alkyl or cyclic N) is 1. The predicted molar refractivity (Wildman–Crippen MR) is 77.9 cm³/mol. The molecule has 2 rings (SSSR count). The SMILES string of the molecule is Nc1ccc2c(c1)CCN2CC(O)C(O)C(O)C(O)CO. The molecule has 4 atom stereocenters. The topological polar surface area (TPSA) is 130 Å². The molecule has 0 amide bonds. The molecule has 7 N–H and O–H groups in total. The van der Waals surface area contributed by atoms with E-state index in [-0.39, 0.29) is 6.54 Å². The minimum Gasteiger partial charge on any atom is -0.399 e. The number of rotatable bonds is 6. The van der Waals surface area contributed by atoms with Gasteiger partial charge in [-0.05, 0) is 30.2 Å². The Kier molecular flexibility index (Phi) is 5.02. The lowest BCUT2D eigenvalue weighted by atomic mass is 10.0.